The fraction of sp³-hybridized carbons (Fsp3) is 0.636. The Labute approximate surface area is 110 Å². The molecular weight excluding hydrogens is 262 g/mol. The average molecular weight is 280 g/mol. The van der Waals surface area contributed by atoms with Crippen LogP contribution in [0.4, 0.5) is 0 Å². The third-order valence-electron chi connectivity index (χ3n) is 2.64. The van der Waals surface area contributed by atoms with Crippen LogP contribution in [0.1, 0.15) is 25.5 Å². The molecule has 5 heteroatoms. The van der Waals surface area contributed by atoms with Gasteiger partial charge in [0.05, 0.1) is 10.9 Å². The second kappa shape index (κ2) is 6.87. The maximum Gasteiger partial charge on any atom is 0.0931 e. The lowest BCUT2D eigenvalue weighted by molar-refractivity contribution is 0.272. The van der Waals surface area contributed by atoms with E-state index in [1.54, 1.807) is 23.1 Å². The molecule has 0 spiro atoms. The molecule has 0 saturated heterocycles. The lowest BCUT2D eigenvalue weighted by Crippen LogP contribution is -2.38. The first kappa shape index (κ1) is 14.3. The molecule has 2 N–H and O–H groups in total. The van der Waals surface area contributed by atoms with Crippen LogP contribution in [0.3, 0.4) is 0 Å². The molecular formula is C11H18ClNOS2. The zero-order chi connectivity index (χ0) is 12.1. The van der Waals surface area contributed by atoms with E-state index >= 15 is 0 Å². The zero-order valence-corrected chi connectivity index (χ0v) is 12.1. The summed E-state index contributed by atoms with van der Waals surface area (Å²) in [5.41, 5.74) is 1.21. The van der Waals surface area contributed by atoms with E-state index in [0.717, 1.165) is 4.34 Å². The number of thioether (sulfide) groups is 1. The third kappa shape index (κ3) is 3.93. The summed E-state index contributed by atoms with van der Waals surface area (Å²) in [5, 5.41) is 15.0. The Kier molecular flexibility index (Phi) is 6.15. The van der Waals surface area contributed by atoms with Crippen LogP contribution in [0.15, 0.2) is 11.4 Å². The van der Waals surface area contributed by atoms with E-state index in [1.807, 2.05) is 12.3 Å². The van der Waals surface area contributed by atoms with Crippen molar-refractivity contribution in [3.05, 3.63) is 21.3 Å². The molecule has 3 atom stereocenters. The maximum absolute atomic E-state index is 9.20. The highest BCUT2D eigenvalue weighted by molar-refractivity contribution is 7.99. The van der Waals surface area contributed by atoms with Gasteiger partial charge in [-0.05, 0) is 37.1 Å². The van der Waals surface area contributed by atoms with Crippen molar-refractivity contribution in [1.29, 1.82) is 0 Å². The van der Waals surface area contributed by atoms with Gasteiger partial charge in [-0.1, -0.05) is 11.6 Å². The molecule has 3 unspecified atom stereocenters. The number of nitrogens with one attached hydrogen (secondary N) is 1. The van der Waals surface area contributed by atoms with E-state index in [-0.39, 0.29) is 23.9 Å². The molecule has 92 valence electrons. The van der Waals surface area contributed by atoms with Crippen molar-refractivity contribution in [2.45, 2.75) is 31.2 Å². The van der Waals surface area contributed by atoms with E-state index in [4.69, 9.17) is 11.6 Å². The Hall–Kier alpha value is 0.260. The second-order valence-corrected chi connectivity index (χ2v) is 6.44. The minimum atomic E-state index is 0.201. The summed E-state index contributed by atoms with van der Waals surface area (Å²) in [5.74, 6) is 0. The van der Waals surface area contributed by atoms with Gasteiger partial charge in [0.1, 0.15) is 0 Å². The molecule has 0 aliphatic carbocycles. The molecule has 1 aromatic rings. The zero-order valence-electron chi connectivity index (χ0n) is 9.74. The van der Waals surface area contributed by atoms with Gasteiger partial charge in [0.2, 0.25) is 0 Å². The largest absolute Gasteiger partial charge is 0.395 e. The molecule has 0 radical (unpaired) electrons. The van der Waals surface area contributed by atoms with E-state index < -0.39 is 0 Å². The van der Waals surface area contributed by atoms with E-state index in [2.05, 4.69) is 24.5 Å². The van der Waals surface area contributed by atoms with Crippen molar-refractivity contribution in [3.63, 3.8) is 0 Å². The first-order valence-electron chi connectivity index (χ1n) is 5.22. The third-order valence-corrected chi connectivity index (χ3v) is 4.91. The summed E-state index contributed by atoms with van der Waals surface area (Å²) < 4.78 is 0.819. The van der Waals surface area contributed by atoms with Crippen molar-refractivity contribution in [1.82, 2.24) is 5.32 Å². The summed E-state index contributed by atoms with van der Waals surface area (Å²) in [7, 11) is 0. The molecule has 0 amide bonds. The molecule has 2 nitrogen and oxygen atoms in total. The predicted molar refractivity (Wildman–Crippen MR) is 74.7 cm³/mol. The van der Waals surface area contributed by atoms with E-state index in [1.165, 1.54) is 5.56 Å². The molecule has 1 heterocycles. The summed E-state index contributed by atoms with van der Waals surface area (Å²) in [6, 6.07) is 2.53. The smallest absolute Gasteiger partial charge is 0.0931 e. The van der Waals surface area contributed by atoms with Crippen LogP contribution in [-0.2, 0) is 0 Å². The highest BCUT2D eigenvalue weighted by Gasteiger charge is 2.18. The number of halogens is 1. The highest BCUT2D eigenvalue weighted by atomic mass is 35.5. The van der Waals surface area contributed by atoms with Crippen LogP contribution in [0.2, 0.25) is 4.34 Å². The Morgan fingerprint density at radius 3 is 2.69 bits per heavy atom. The minimum Gasteiger partial charge on any atom is -0.395 e. The average Bonchev–Trinajstić information content (AvgIpc) is 2.66. The van der Waals surface area contributed by atoms with E-state index in [9.17, 15) is 5.11 Å². The van der Waals surface area contributed by atoms with Crippen LogP contribution in [0.25, 0.3) is 0 Å². The highest BCUT2D eigenvalue weighted by Crippen LogP contribution is 2.25. The van der Waals surface area contributed by atoms with Crippen LogP contribution in [-0.4, -0.2) is 29.3 Å². The van der Waals surface area contributed by atoms with Gasteiger partial charge in [0.25, 0.3) is 0 Å². The van der Waals surface area contributed by atoms with Gasteiger partial charge in [-0.15, -0.1) is 11.3 Å². The number of thiophene rings is 1. The lowest BCUT2D eigenvalue weighted by atomic mass is 10.1. The number of aliphatic hydroxyl groups excluding tert-OH is 1. The van der Waals surface area contributed by atoms with Gasteiger partial charge in [-0.3, -0.25) is 0 Å². The second-order valence-electron chi connectivity index (χ2n) is 3.82. The molecule has 0 aliphatic rings. The standard InChI is InChI=1S/C11H18ClNOS2/c1-7(9-4-11(12)16-6-9)13-8(2)10(5-14)15-3/h4,6-8,10,13-14H,5H2,1-3H3. The van der Waals surface area contributed by atoms with Crippen molar-refractivity contribution < 1.29 is 5.11 Å². The van der Waals surface area contributed by atoms with Gasteiger partial charge < -0.3 is 10.4 Å². The van der Waals surface area contributed by atoms with Gasteiger partial charge in [-0.2, -0.15) is 11.8 Å². The number of aliphatic hydroxyl groups is 1. The molecule has 1 aromatic heterocycles. The van der Waals surface area contributed by atoms with Crippen molar-refractivity contribution in [2.24, 2.45) is 0 Å². The molecule has 0 aromatic carbocycles. The Balaban J connectivity index is 2.53. The maximum atomic E-state index is 9.20. The lowest BCUT2D eigenvalue weighted by Gasteiger charge is -2.25. The van der Waals surface area contributed by atoms with Crippen molar-refractivity contribution >= 4 is 34.7 Å². The van der Waals surface area contributed by atoms with Crippen LogP contribution < -0.4 is 5.32 Å². The van der Waals surface area contributed by atoms with Gasteiger partial charge in [0.15, 0.2) is 0 Å². The van der Waals surface area contributed by atoms with E-state index in [0.29, 0.717) is 0 Å². The summed E-state index contributed by atoms with van der Waals surface area (Å²) >= 11 is 9.14. The molecule has 1 rings (SSSR count). The van der Waals surface area contributed by atoms with Crippen LogP contribution in [0, 0.1) is 0 Å². The number of rotatable bonds is 6. The first-order chi connectivity index (χ1) is 7.58. The fourth-order valence-corrected chi connectivity index (χ4v) is 3.21. The molecule has 16 heavy (non-hydrogen) atoms. The van der Waals surface area contributed by atoms with Gasteiger partial charge in [-0.25, -0.2) is 0 Å². The monoisotopic (exact) mass is 279 g/mol. The van der Waals surface area contributed by atoms with Crippen LogP contribution >= 0.6 is 34.7 Å². The quantitative estimate of drug-likeness (QED) is 0.839. The fourth-order valence-electron chi connectivity index (χ4n) is 1.59. The minimum absolute atomic E-state index is 0.201. The van der Waals surface area contributed by atoms with Gasteiger partial charge in [0, 0.05) is 17.3 Å². The molecule has 0 aliphatic heterocycles. The first-order valence-corrected chi connectivity index (χ1v) is 7.76. The molecule has 0 bridgehead atoms. The Morgan fingerprint density at radius 1 is 1.56 bits per heavy atom. The normalized spacial score (nSPS) is 17.1. The summed E-state index contributed by atoms with van der Waals surface area (Å²) in [6.45, 7) is 4.41. The number of hydrogen-bond acceptors (Lipinski definition) is 4. The topological polar surface area (TPSA) is 32.3 Å². The molecule has 0 saturated carbocycles. The predicted octanol–water partition coefficient (Wildman–Crippen LogP) is 3.16. The van der Waals surface area contributed by atoms with Crippen molar-refractivity contribution in [3.8, 4) is 0 Å². The Morgan fingerprint density at radius 2 is 2.25 bits per heavy atom. The summed E-state index contributed by atoms with van der Waals surface area (Å²) in [4.78, 5) is 0. The van der Waals surface area contributed by atoms with Gasteiger partial charge >= 0.3 is 0 Å². The summed E-state index contributed by atoms with van der Waals surface area (Å²) in [6.07, 6.45) is 2.02. The molecule has 0 fully saturated rings. The number of hydrogen-bond donors (Lipinski definition) is 2. The Bertz CT molecular complexity index is 315. The SMILES string of the molecule is CSC(CO)C(C)NC(C)c1csc(Cl)c1. The van der Waals surface area contributed by atoms with Crippen LogP contribution in [0.5, 0.6) is 0 Å². The van der Waals surface area contributed by atoms with Crippen molar-refractivity contribution in [2.75, 3.05) is 12.9 Å².